The maximum atomic E-state index is 12.2. The summed E-state index contributed by atoms with van der Waals surface area (Å²) in [5, 5.41) is 7.96. The van der Waals surface area contributed by atoms with Gasteiger partial charge in [0.05, 0.1) is 18.7 Å². The first-order valence-corrected chi connectivity index (χ1v) is 7.68. The van der Waals surface area contributed by atoms with Crippen LogP contribution in [0.15, 0.2) is 36.5 Å². The van der Waals surface area contributed by atoms with Gasteiger partial charge in [0, 0.05) is 11.1 Å². The summed E-state index contributed by atoms with van der Waals surface area (Å²) < 4.78 is 1.95. The summed E-state index contributed by atoms with van der Waals surface area (Å²) in [5.41, 5.74) is 0.909. The zero-order valence-electron chi connectivity index (χ0n) is 11.8. The molecule has 1 aromatic heterocycles. The van der Waals surface area contributed by atoms with Crippen molar-refractivity contribution in [2.45, 2.75) is 38.1 Å². The molecule has 0 saturated heterocycles. The van der Waals surface area contributed by atoms with E-state index in [-0.39, 0.29) is 5.91 Å². The van der Waals surface area contributed by atoms with Crippen LogP contribution in [0.25, 0.3) is 0 Å². The number of aromatic nitrogens is 2. The maximum Gasteiger partial charge on any atom is 0.229 e. The van der Waals surface area contributed by atoms with E-state index in [0.29, 0.717) is 17.5 Å². The van der Waals surface area contributed by atoms with Crippen LogP contribution in [0.5, 0.6) is 0 Å². The molecule has 3 rings (SSSR count). The monoisotopic (exact) mass is 303 g/mol. The number of carbonyl (C=O) groups is 1. The Morgan fingerprint density at radius 3 is 2.90 bits per heavy atom. The van der Waals surface area contributed by atoms with E-state index in [0.717, 1.165) is 24.2 Å². The van der Waals surface area contributed by atoms with Crippen LogP contribution in [-0.2, 0) is 11.2 Å². The van der Waals surface area contributed by atoms with E-state index in [2.05, 4.69) is 10.4 Å². The van der Waals surface area contributed by atoms with Crippen LogP contribution in [0.1, 0.15) is 37.3 Å². The lowest BCUT2D eigenvalue weighted by molar-refractivity contribution is -0.115. The molecule has 1 heterocycles. The Morgan fingerprint density at radius 1 is 1.33 bits per heavy atom. The molecule has 1 amide bonds. The van der Waals surface area contributed by atoms with Crippen molar-refractivity contribution in [2.75, 3.05) is 5.32 Å². The number of amides is 1. The van der Waals surface area contributed by atoms with E-state index >= 15 is 0 Å². The molecule has 1 aliphatic rings. The van der Waals surface area contributed by atoms with Crippen LogP contribution in [0.3, 0.4) is 0 Å². The number of anilines is 1. The Balaban J connectivity index is 1.66. The highest BCUT2D eigenvalue weighted by Gasteiger charge is 2.20. The number of benzene rings is 1. The smallest absolute Gasteiger partial charge is 0.229 e. The zero-order chi connectivity index (χ0) is 14.7. The molecular weight excluding hydrogens is 286 g/mol. The summed E-state index contributed by atoms with van der Waals surface area (Å²) in [7, 11) is 0. The van der Waals surface area contributed by atoms with E-state index in [9.17, 15) is 4.79 Å². The molecule has 1 aromatic carbocycles. The number of nitrogens with zero attached hydrogens (tertiary/aromatic N) is 2. The van der Waals surface area contributed by atoms with Crippen LogP contribution in [0.2, 0.25) is 5.02 Å². The van der Waals surface area contributed by atoms with Gasteiger partial charge in [-0.1, -0.05) is 36.6 Å². The molecule has 0 spiro atoms. The molecule has 4 nitrogen and oxygen atoms in total. The third kappa shape index (κ3) is 3.45. The van der Waals surface area contributed by atoms with Crippen molar-refractivity contribution in [1.29, 1.82) is 0 Å². The summed E-state index contributed by atoms with van der Waals surface area (Å²) in [4.78, 5) is 12.2. The first-order chi connectivity index (χ1) is 10.2. The predicted octanol–water partition coefficient (Wildman–Crippen LogP) is 3.83. The summed E-state index contributed by atoms with van der Waals surface area (Å²) in [6, 6.07) is 9.65. The largest absolute Gasteiger partial charge is 0.311 e. The molecule has 0 unspecified atom stereocenters. The predicted molar refractivity (Wildman–Crippen MR) is 83.5 cm³/mol. The Morgan fingerprint density at radius 2 is 2.14 bits per heavy atom. The lowest BCUT2D eigenvalue weighted by atomic mass is 10.1. The standard InChI is InChI=1S/C16H18ClN3O/c17-13-5-3-4-12(10-13)11-16(21)19-15-8-9-18-20(15)14-6-1-2-7-14/h3-5,8-10,14H,1-2,6-7,11H2,(H,19,21). The SMILES string of the molecule is O=C(Cc1cccc(Cl)c1)Nc1ccnn1C1CCCC1. The van der Waals surface area contributed by atoms with Crippen molar-refractivity contribution in [3.8, 4) is 0 Å². The van der Waals surface area contributed by atoms with Crippen molar-refractivity contribution < 1.29 is 4.79 Å². The van der Waals surface area contributed by atoms with Gasteiger partial charge >= 0.3 is 0 Å². The van der Waals surface area contributed by atoms with Crippen LogP contribution in [0, 0.1) is 0 Å². The number of carbonyl (C=O) groups excluding carboxylic acids is 1. The minimum atomic E-state index is -0.0444. The van der Waals surface area contributed by atoms with Crippen molar-refractivity contribution in [1.82, 2.24) is 9.78 Å². The third-order valence-corrected chi connectivity index (χ3v) is 4.10. The van der Waals surface area contributed by atoms with Gasteiger partial charge in [-0.3, -0.25) is 4.79 Å². The van der Waals surface area contributed by atoms with Gasteiger partial charge in [0.25, 0.3) is 0 Å². The van der Waals surface area contributed by atoms with Gasteiger partial charge < -0.3 is 5.32 Å². The van der Waals surface area contributed by atoms with Crippen molar-refractivity contribution in [3.63, 3.8) is 0 Å². The normalized spacial score (nSPS) is 15.3. The topological polar surface area (TPSA) is 46.9 Å². The molecule has 0 atom stereocenters. The summed E-state index contributed by atoms with van der Waals surface area (Å²) >= 11 is 5.94. The summed E-state index contributed by atoms with van der Waals surface area (Å²) in [5.74, 6) is 0.742. The van der Waals surface area contributed by atoms with Crippen molar-refractivity contribution >= 4 is 23.3 Å². The van der Waals surface area contributed by atoms with Crippen LogP contribution < -0.4 is 5.32 Å². The first-order valence-electron chi connectivity index (χ1n) is 7.30. The van der Waals surface area contributed by atoms with Crippen molar-refractivity contribution in [2.24, 2.45) is 0 Å². The number of rotatable bonds is 4. The molecule has 5 heteroatoms. The third-order valence-electron chi connectivity index (χ3n) is 3.86. The average Bonchev–Trinajstić information content (AvgIpc) is 3.08. The van der Waals surface area contributed by atoms with Crippen molar-refractivity contribution in [3.05, 3.63) is 47.1 Å². The Hall–Kier alpha value is -1.81. The molecule has 110 valence electrons. The molecule has 1 N–H and O–H groups in total. The van der Waals surface area contributed by atoms with E-state index < -0.39 is 0 Å². The lowest BCUT2D eigenvalue weighted by Crippen LogP contribution is -2.19. The molecule has 0 bridgehead atoms. The van der Waals surface area contributed by atoms with E-state index in [4.69, 9.17) is 11.6 Å². The van der Waals surface area contributed by atoms with Gasteiger partial charge in [0.2, 0.25) is 5.91 Å². The number of hydrogen-bond acceptors (Lipinski definition) is 2. The molecule has 2 aromatic rings. The second kappa shape index (κ2) is 6.31. The molecule has 1 fully saturated rings. The number of hydrogen-bond donors (Lipinski definition) is 1. The Bertz CT molecular complexity index is 632. The fourth-order valence-electron chi connectivity index (χ4n) is 2.87. The lowest BCUT2D eigenvalue weighted by Gasteiger charge is -2.14. The highest BCUT2D eigenvalue weighted by Crippen LogP contribution is 2.31. The highest BCUT2D eigenvalue weighted by atomic mass is 35.5. The van der Waals surface area contributed by atoms with E-state index in [1.807, 2.05) is 28.9 Å². The molecule has 1 aliphatic carbocycles. The van der Waals surface area contributed by atoms with Crippen LogP contribution in [-0.4, -0.2) is 15.7 Å². The van der Waals surface area contributed by atoms with E-state index in [1.54, 1.807) is 12.3 Å². The average molecular weight is 304 g/mol. The zero-order valence-corrected chi connectivity index (χ0v) is 12.5. The molecule has 0 aliphatic heterocycles. The second-order valence-electron chi connectivity index (χ2n) is 5.45. The number of nitrogens with one attached hydrogen (secondary N) is 1. The van der Waals surface area contributed by atoms with E-state index in [1.165, 1.54) is 12.8 Å². The molecule has 1 saturated carbocycles. The van der Waals surface area contributed by atoms with Gasteiger partial charge in [0.1, 0.15) is 5.82 Å². The van der Waals surface area contributed by atoms with Gasteiger partial charge in [-0.25, -0.2) is 4.68 Å². The van der Waals surface area contributed by atoms with Gasteiger partial charge in [0.15, 0.2) is 0 Å². The summed E-state index contributed by atoms with van der Waals surface area (Å²) in [6.07, 6.45) is 6.81. The summed E-state index contributed by atoms with van der Waals surface area (Å²) in [6.45, 7) is 0. The minimum Gasteiger partial charge on any atom is -0.311 e. The van der Waals surface area contributed by atoms with Crippen LogP contribution >= 0.6 is 11.6 Å². The second-order valence-corrected chi connectivity index (χ2v) is 5.89. The molecule has 21 heavy (non-hydrogen) atoms. The Kier molecular flexibility index (Phi) is 4.25. The quantitative estimate of drug-likeness (QED) is 0.933. The molecule has 0 radical (unpaired) electrons. The first kappa shape index (κ1) is 14.1. The van der Waals surface area contributed by atoms with Crippen LogP contribution in [0.4, 0.5) is 5.82 Å². The minimum absolute atomic E-state index is 0.0444. The van der Waals surface area contributed by atoms with Gasteiger partial charge in [-0.05, 0) is 30.5 Å². The number of halogens is 1. The Labute approximate surface area is 129 Å². The fraction of sp³-hybridized carbons (Fsp3) is 0.375. The highest BCUT2D eigenvalue weighted by molar-refractivity contribution is 6.30. The maximum absolute atomic E-state index is 12.2. The molecular formula is C16H18ClN3O. The fourth-order valence-corrected chi connectivity index (χ4v) is 3.09. The van der Waals surface area contributed by atoms with Gasteiger partial charge in [-0.15, -0.1) is 0 Å². The van der Waals surface area contributed by atoms with Gasteiger partial charge in [-0.2, -0.15) is 5.10 Å².